The van der Waals surface area contributed by atoms with E-state index in [1.165, 1.54) is 47.0 Å². The van der Waals surface area contributed by atoms with E-state index in [-0.39, 0.29) is 52.4 Å². The molecule has 0 aliphatic carbocycles. The van der Waals surface area contributed by atoms with Gasteiger partial charge in [-0.15, -0.1) is 10.2 Å². The van der Waals surface area contributed by atoms with E-state index in [1.807, 2.05) is 0 Å². The molecule has 0 radical (unpaired) electrons. The number of nitrogens with zero attached hydrogens (tertiary/aromatic N) is 5. The third kappa shape index (κ3) is 5.04. The molecule has 15 heteroatoms. The van der Waals surface area contributed by atoms with E-state index in [9.17, 15) is 31.5 Å². The summed E-state index contributed by atoms with van der Waals surface area (Å²) >= 11 is 0. The summed E-state index contributed by atoms with van der Waals surface area (Å²) in [5.41, 5.74) is -0.598. The highest BCUT2D eigenvalue weighted by molar-refractivity contribution is 5.94. The number of fused-ring (bicyclic) bond motifs is 3. The summed E-state index contributed by atoms with van der Waals surface area (Å²) in [5, 5.41) is 16.2. The molecule has 4 aromatic heterocycles. The van der Waals surface area contributed by atoms with Crippen LogP contribution in [0.3, 0.4) is 0 Å². The Bertz CT molecular complexity index is 1720. The number of aromatic nitrogens is 5. The molecule has 206 valence electrons. The van der Waals surface area contributed by atoms with Gasteiger partial charge in [-0.05, 0) is 34.9 Å². The summed E-state index contributed by atoms with van der Waals surface area (Å²) in [5.74, 6) is -7.14. The van der Waals surface area contributed by atoms with Crippen molar-refractivity contribution in [1.82, 2.24) is 24.6 Å². The van der Waals surface area contributed by atoms with Crippen molar-refractivity contribution in [1.29, 1.82) is 0 Å². The van der Waals surface area contributed by atoms with E-state index in [4.69, 9.17) is 14.3 Å². The summed E-state index contributed by atoms with van der Waals surface area (Å²) in [4.78, 5) is 30.2. The molecule has 5 rings (SSSR count). The second-order valence-corrected chi connectivity index (χ2v) is 8.55. The highest BCUT2D eigenvalue weighted by Gasteiger charge is 2.60. The van der Waals surface area contributed by atoms with E-state index in [2.05, 4.69) is 20.2 Å². The standard InChI is InChI=1S/C25H16F5N5O5/c26-24(27,25(28,29)30)18-9-16(14-3-1-13(2-4-14)11-39-21(38)8-7-20(36)37)15-5-6-19-32-17(23-34-31-12-40-23)10-35(19)22(15)33-18/h1-6,9-10,12H,7-8,11H2,(H,36,37). The van der Waals surface area contributed by atoms with Crippen molar-refractivity contribution in [2.45, 2.75) is 31.5 Å². The Hall–Kier alpha value is -4.95. The maximum atomic E-state index is 14.5. The summed E-state index contributed by atoms with van der Waals surface area (Å²) < 4.78 is 80.5. The van der Waals surface area contributed by atoms with Crippen molar-refractivity contribution in [2.75, 3.05) is 0 Å². The van der Waals surface area contributed by atoms with Crippen LogP contribution in [0.1, 0.15) is 24.1 Å². The van der Waals surface area contributed by atoms with Gasteiger partial charge in [-0.3, -0.25) is 14.0 Å². The molecule has 1 aromatic carbocycles. The van der Waals surface area contributed by atoms with Crippen molar-refractivity contribution in [2.24, 2.45) is 0 Å². The van der Waals surface area contributed by atoms with Gasteiger partial charge in [-0.2, -0.15) is 22.0 Å². The van der Waals surface area contributed by atoms with E-state index >= 15 is 0 Å². The first-order valence-corrected chi connectivity index (χ1v) is 11.4. The predicted octanol–water partition coefficient (Wildman–Crippen LogP) is 5.16. The number of halogens is 5. The highest BCUT2D eigenvalue weighted by atomic mass is 19.4. The molecule has 0 saturated carbocycles. The van der Waals surface area contributed by atoms with E-state index < -0.39 is 36.2 Å². The molecule has 0 aliphatic rings. The topological polar surface area (TPSA) is 133 Å². The van der Waals surface area contributed by atoms with Gasteiger partial charge >= 0.3 is 24.0 Å². The van der Waals surface area contributed by atoms with Gasteiger partial charge in [0.15, 0.2) is 0 Å². The first kappa shape index (κ1) is 26.6. The number of imidazole rings is 1. The van der Waals surface area contributed by atoms with Crippen molar-refractivity contribution < 1.29 is 45.8 Å². The molecular formula is C25H16F5N5O5. The monoisotopic (exact) mass is 561 g/mol. The van der Waals surface area contributed by atoms with Gasteiger partial charge in [0, 0.05) is 11.6 Å². The molecule has 10 nitrogen and oxygen atoms in total. The number of carbonyl (C=O) groups is 2. The zero-order chi connectivity index (χ0) is 28.7. The van der Waals surface area contributed by atoms with Gasteiger partial charge < -0.3 is 14.3 Å². The summed E-state index contributed by atoms with van der Waals surface area (Å²) in [7, 11) is 0. The lowest BCUT2D eigenvalue weighted by Crippen LogP contribution is -2.34. The Kier molecular flexibility index (Phi) is 6.65. The van der Waals surface area contributed by atoms with Crippen LogP contribution >= 0.6 is 0 Å². The fraction of sp³-hybridized carbons (Fsp3) is 0.200. The number of carboxylic acids is 1. The third-order valence-electron chi connectivity index (χ3n) is 5.86. The zero-order valence-electron chi connectivity index (χ0n) is 20.0. The summed E-state index contributed by atoms with van der Waals surface area (Å²) in [6, 6.07) is 9.62. The average Bonchev–Trinajstić information content (AvgIpc) is 3.60. The minimum atomic E-state index is -5.91. The van der Waals surface area contributed by atoms with Crippen LogP contribution in [-0.4, -0.2) is 47.8 Å². The van der Waals surface area contributed by atoms with Gasteiger partial charge in [0.05, 0.1) is 12.8 Å². The summed E-state index contributed by atoms with van der Waals surface area (Å²) in [6.07, 6.45) is -4.23. The van der Waals surface area contributed by atoms with Gasteiger partial charge in [0.2, 0.25) is 6.39 Å². The number of hydrogen-bond acceptors (Lipinski definition) is 8. The molecule has 40 heavy (non-hydrogen) atoms. The number of benzene rings is 1. The largest absolute Gasteiger partial charge is 0.481 e. The molecule has 5 aromatic rings. The Morgan fingerprint density at radius 3 is 2.40 bits per heavy atom. The highest BCUT2D eigenvalue weighted by Crippen LogP contribution is 2.45. The van der Waals surface area contributed by atoms with Crippen molar-refractivity contribution in [3.63, 3.8) is 0 Å². The SMILES string of the molecule is O=C(O)CCC(=O)OCc1ccc(-c2cc(C(F)(F)C(F)(F)F)nc3c2ccc2nc(-c4nnco4)cn23)cc1. The van der Waals surface area contributed by atoms with Crippen LogP contribution in [0.15, 0.2) is 59.5 Å². The fourth-order valence-electron chi connectivity index (χ4n) is 3.89. The summed E-state index contributed by atoms with van der Waals surface area (Å²) in [6.45, 7) is -0.193. The second kappa shape index (κ2) is 9.98. The van der Waals surface area contributed by atoms with Crippen LogP contribution in [-0.2, 0) is 26.9 Å². The number of carboxylic acid groups (broad SMARTS) is 1. The molecule has 0 fully saturated rings. The van der Waals surface area contributed by atoms with Gasteiger partial charge in [-0.1, -0.05) is 24.3 Å². The molecule has 0 saturated heterocycles. The quantitative estimate of drug-likeness (QED) is 0.201. The number of aliphatic carboxylic acids is 1. The van der Waals surface area contributed by atoms with Crippen molar-refractivity contribution in [3.05, 3.63) is 66.3 Å². The smallest absolute Gasteiger partial charge is 0.459 e. The molecular weight excluding hydrogens is 545 g/mol. The number of pyridine rings is 2. The number of hydrogen-bond donors (Lipinski definition) is 1. The predicted molar refractivity (Wildman–Crippen MR) is 126 cm³/mol. The lowest BCUT2D eigenvalue weighted by Gasteiger charge is -2.21. The molecule has 0 aliphatic heterocycles. The number of esters is 1. The van der Waals surface area contributed by atoms with Gasteiger partial charge in [-0.25, -0.2) is 9.97 Å². The van der Waals surface area contributed by atoms with Crippen LogP contribution in [0.2, 0.25) is 0 Å². The van der Waals surface area contributed by atoms with Gasteiger partial charge in [0.25, 0.3) is 5.89 Å². The average molecular weight is 561 g/mol. The molecule has 0 bridgehead atoms. The fourth-order valence-corrected chi connectivity index (χ4v) is 3.89. The Morgan fingerprint density at radius 1 is 1.00 bits per heavy atom. The molecule has 0 atom stereocenters. The lowest BCUT2D eigenvalue weighted by atomic mass is 9.99. The first-order valence-electron chi connectivity index (χ1n) is 11.4. The van der Waals surface area contributed by atoms with E-state index in [0.29, 0.717) is 11.6 Å². The van der Waals surface area contributed by atoms with E-state index in [0.717, 1.165) is 6.39 Å². The Labute approximate surface area is 220 Å². The molecule has 1 N–H and O–H groups in total. The maximum absolute atomic E-state index is 14.5. The second-order valence-electron chi connectivity index (χ2n) is 8.55. The zero-order valence-corrected chi connectivity index (χ0v) is 20.0. The first-order chi connectivity index (χ1) is 18.9. The Morgan fingerprint density at radius 2 is 1.75 bits per heavy atom. The van der Waals surface area contributed by atoms with Crippen LogP contribution in [0, 0.1) is 0 Å². The minimum absolute atomic E-state index is 0.00750. The lowest BCUT2D eigenvalue weighted by molar-refractivity contribution is -0.290. The molecule has 4 heterocycles. The third-order valence-corrected chi connectivity index (χ3v) is 5.86. The molecule has 0 unspecified atom stereocenters. The van der Waals surface area contributed by atoms with E-state index in [1.54, 1.807) is 0 Å². The normalized spacial score (nSPS) is 12.2. The maximum Gasteiger partial charge on any atom is 0.459 e. The molecule has 0 spiro atoms. The van der Waals surface area contributed by atoms with Crippen LogP contribution in [0.5, 0.6) is 0 Å². The number of rotatable bonds is 8. The van der Waals surface area contributed by atoms with Crippen molar-refractivity contribution in [3.8, 4) is 22.7 Å². The molecule has 0 amide bonds. The Balaban J connectivity index is 1.58. The van der Waals surface area contributed by atoms with Gasteiger partial charge in [0.1, 0.15) is 29.3 Å². The van der Waals surface area contributed by atoms with Crippen LogP contribution in [0.4, 0.5) is 22.0 Å². The number of carbonyl (C=O) groups excluding carboxylic acids is 1. The number of ether oxygens (including phenoxy) is 1. The number of alkyl halides is 5. The van der Waals surface area contributed by atoms with Crippen LogP contribution in [0.25, 0.3) is 39.4 Å². The van der Waals surface area contributed by atoms with Crippen LogP contribution < -0.4 is 0 Å². The minimum Gasteiger partial charge on any atom is -0.481 e. The van der Waals surface area contributed by atoms with Crippen molar-refractivity contribution >= 4 is 28.6 Å².